The standard InChI is InChI=1S/C24H28N6OS/c1-29-10-12-30(13-11-29)9-7-22(31)26-18-3-2-4-19(15-18)27-24-25-16-17-5-6-21-20(8-14-32-21)23(17)28-24/h2-4,8,14-16H,5-7,9-13H2,1H3,(H,26,31)(H,25,27,28). The monoisotopic (exact) mass is 448 g/mol. The molecule has 1 aromatic carbocycles. The predicted molar refractivity (Wildman–Crippen MR) is 130 cm³/mol. The molecule has 1 aliphatic carbocycles. The quantitative estimate of drug-likeness (QED) is 0.600. The number of thiophene rings is 1. The van der Waals surface area contributed by atoms with Crippen molar-refractivity contribution in [2.45, 2.75) is 19.3 Å². The fourth-order valence-corrected chi connectivity index (χ4v) is 5.11. The summed E-state index contributed by atoms with van der Waals surface area (Å²) in [5.41, 5.74) is 5.07. The lowest BCUT2D eigenvalue weighted by Gasteiger charge is -2.32. The highest BCUT2D eigenvalue weighted by Crippen LogP contribution is 2.35. The molecule has 3 heterocycles. The Morgan fingerprint density at radius 1 is 1.12 bits per heavy atom. The van der Waals surface area contributed by atoms with Gasteiger partial charge >= 0.3 is 0 Å². The van der Waals surface area contributed by atoms with Crippen LogP contribution >= 0.6 is 11.3 Å². The normalized spacial score (nSPS) is 16.3. The third-order valence-corrected chi connectivity index (χ3v) is 7.12. The molecule has 1 aliphatic heterocycles. The van der Waals surface area contributed by atoms with E-state index in [0.717, 1.165) is 62.6 Å². The SMILES string of the molecule is CN1CCN(CCC(=O)Nc2cccc(Nc3ncc4c(n3)-c3ccsc3CC4)c2)CC1. The van der Waals surface area contributed by atoms with Crippen LogP contribution in [0.3, 0.4) is 0 Å². The van der Waals surface area contributed by atoms with Gasteiger partial charge in [-0.2, -0.15) is 0 Å². The number of nitrogens with zero attached hydrogens (tertiary/aromatic N) is 4. The lowest BCUT2D eigenvalue weighted by molar-refractivity contribution is -0.116. The fourth-order valence-electron chi connectivity index (χ4n) is 4.23. The Balaban J connectivity index is 1.20. The van der Waals surface area contributed by atoms with Crippen LogP contribution in [-0.2, 0) is 17.6 Å². The van der Waals surface area contributed by atoms with Crippen LogP contribution in [0.2, 0.25) is 0 Å². The van der Waals surface area contributed by atoms with Crippen molar-refractivity contribution in [1.82, 2.24) is 19.8 Å². The van der Waals surface area contributed by atoms with Gasteiger partial charge in [0.15, 0.2) is 0 Å². The summed E-state index contributed by atoms with van der Waals surface area (Å²) in [6.07, 6.45) is 4.47. The first kappa shape index (κ1) is 21.1. The minimum Gasteiger partial charge on any atom is -0.326 e. The summed E-state index contributed by atoms with van der Waals surface area (Å²) < 4.78 is 0. The Morgan fingerprint density at radius 3 is 2.84 bits per heavy atom. The Morgan fingerprint density at radius 2 is 1.97 bits per heavy atom. The van der Waals surface area contributed by atoms with Crippen LogP contribution in [0, 0.1) is 0 Å². The molecule has 32 heavy (non-hydrogen) atoms. The van der Waals surface area contributed by atoms with Crippen molar-refractivity contribution in [3.63, 3.8) is 0 Å². The summed E-state index contributed by atoms with van der Waals surface area (Å²) >= 11 is 1.79. The zero-order chi connectivity index (χ0) is 21.9. The Bertz CT molecular complexity index is 1110. The third-order valence-electron chi connectivity index (χ3n) is 6.14. The second-order valence-electron chi connectivity index (χ2n) is 8.47. The van der Waals surface area contributed by atoms with Crippen LogP contribution in [-0.4, -0.2) is 65.4 Å². The summed E-state index contributed by atoms with van der Waals surface area (Å²) in [5.74, 6) is 0.609. The van der Waals surface area contributed by atoms with E-state index in [-0.39, 0.29) is 5.91 Å². The van der Waals surface area contributed by atoms with E-state index in [1.165, 1.54) is 16.0 Å². The molecule has 1 saturated heterocycles. The molecule has 166 valence electrons. The Kier molecular flexibility index (Phi) is 6.16. The van der Waals surface area contributed by atoms with Gasteiger partial charge in [0, 0.05) is 67.2 Å². The average Bonchev–Trinajstić information content (AvgIpc) is 3.28. The zero-order valence-electron chi connectivity index (χ0n) is 18.3. The Labute approximate surface area is 192 Å². The van der Waals surface area contributed by atoms with Crippen molar-refractivity contribution < 1.29 is 4.79 Å². The topological polar surface area (TPSA) is 73.4 Å². The van der Waals surface area contributed by atoms with Crippen LogP contribution in [0.15, 0.2) is 41.9 Å². The number of piperazine rings is 1. The molecule has 0 spiro atoms. The molecule has 7 nitrogen and oxygen atoms in total. The van der Waals surface area contributed by atoms with Gasteiger partial charge in [0.2, 0.25) is 11.9 Å². The number of rotatable bonds is 6. The largest absolute Gasteiger partial charge is 0.326 e. The van der Waals surface area contributed by atoms with Gasteiger partial charge in [-0.3, -0.25) is 4.79 Å². The average molecular weight is 449 g/mol. The molecule has 5 rings (SSSR count). The van der Waals surface area contributed by atoms with E-state index in [4.69, 9.17) is 4.98 Å². The van der Waals surface area contributed by atoms with Crippen LogP contribution in [0.4, 0.5) is 17.3 Å². The minimum atomic E-state index is 0.0381. The van der Waals surface area contributed by atoms with Crippen molar-refractivity contribution in [2.24, 2.45) is 0 Å². The zero-order valence-corrected chi connectivity index (χ0v) is 19.1. The summed E-state index contributed by atoms with van der Waals surface area (Å²) in [5, 5.41) is 8.45. The van der Waals surface area contributed by atoms with Gasteiger partial charge in [-0.1, -0.05) is 6.07 Å². The van der Waals surface area contributed by atoms with E-state index in [9.17, 15) is 4.79 Å². The van der Waals surface area contributed by atoms with Crippen LogP contribution < -0.4 is 10.6 Å². The number of benzene rings is 1. The van der Waals surface area contributed by atoms with E-state index >= 15 is 0 Å². The number of amides is 1. The van der Waals surface area contributed by atoms with Gasteiger partial charge in [0.1, 0.15) is 0 Å². The van der Waals surface area contributed by atoms with Gasteiger partial charge in [-0.05, 0) is 55.1 Å². The summed E-state index contributed by atoms with van der Waals surface area (Å²) in [4.78, 5) is 27.8. The maximum atomic E-state index is 12.4. The highest BCUT2D eigenvalue weighted by atomic mass is 32.1. The van der Waals surface area contributed by atoms with Gasteiger partial charge in [-0.15, -0.1) is 11.3 Å². The fraction of sp³-hybridized carbons (Fsp3) is 0.375. The summed E-state index contributed by atoms with van der Waals surface area (Å²) in [6, 6.07) is 9.86. The van der Waals surface area contributed by atoms with Gasteiger partial charge < -0.3 is 20.4 Å². The van der Waals surface area contributed by atoms with Crippen molar-refractivity contribution in [3.05, 3.63) is 52.3 Å². The lowest BCUT2D eigenvalue weighted by Crippen LogP contribution is -2.45. The number of aromatic nitrogens is 2. The molecule has 0 saturated carbocycles. The van der Waals surface area contributed by atoms with E-state index < -0.39 is 0 Å². The molecular formula is C24H28N6OS. The number of likely N-dealkylation sites (N-methyl/N-ethyl adjacent to an activating group) is 1. The van der Waals surface area contributed by atoms with Gasteiger partial charge in [0.25, 0.3) is 0 Å². The number of anilines is 3. The molecule has 0 radical (unpaired) electrons. The number of hydrogen-bond acceptors (Lipinski definition) is 7. The number of carbonyl (C=O) groups is 1. The molecule has 0 atom stereocenters. The van der Waals surface area contributed by atoms with Crippen molar-refractivity contribution >= 4 is 34.6 Å². The van der Waals surface area contributed by atoms with E-state index in [0.29, 0.717) is 12.4 Å². The van der Waals surface area contributed by atoms with Crippen molar-refractivity contribution in [2.75, 3.05) is 50.4 Å². The maximum absolute atomic E-state index is 12.4. The lowest BCUT2D eigenvalue weighted by atomic mass is 9.96. The smallest absolute Gasteiger partial charge is 0.227 e. The maximum Gasteiger partial charge on any atom is 0.227 e. The van der Waals surface area contributed by atoms with E-state index in [1.807, 2.05) is 30.5 Å². The highest BCUT2D eigenvalue weighted by molar-refractivity contribution is 7.10. The van der Waals surface area contributed by atoms with Crippen LogP contribution in [0.25, 0.3) is 11.3 Å². The molecule has 1 fully saturated rings. The molecule has 0 bridgehead atoms. The molecule has 2 aromatic heterocycles. The summed E-state index contributed by atoms with van der Waals surface area (Å²) in [6.45, 7) is 4.97. The molecule has 0 unspecified atom stereocenters. The van der Waals surface area contributed by atoms with Crippen LogP contribution in [0.1, 0.15) is 16.9 Å². The third kappa shape index (κ3) is 4.82. The number of aryl methyl sites for hydroxylation is 2. The molecule has 2 N–H and O–H groups in total. The molecule has 8 heteroatoms. The number of carbonyl (C=O) groups excluding carboxylic acids is 1. The second kappa shape index (κ2) is 9.36. The second-order valence-corrected chi connectivity index (χ2v) is 9.47. The Hall–Kier alpha value is -2.81. The molecular weight excluding hydrogens is 420 g/mol. The predicted octanol–water partition coefficient (Wildman–Crippen LogP) is 3.62. The number of nitrogens with one attached hydrogen (secondary N) is 2. The number of hydrogen-bond donors (Lipinski definition) is 2. The van der Waals surface area contributed by atoms with Crippen molar-refractivity contribution in [3.8, 4) is 11.3 Å². The highest BCUT2D eigenvalue weighted by Gasteiger charge is 2.19. The number of fused-ring (bicyclic) bond motifs is 3. The van der Waals surface area contributed by atoms with E-state index in [1.54, 1.807) is 11.3 Å². The van der Waals surface area contributed by atoms with Crippen LogP contribution in [0.5, 0.6) is 0 Å². The van der Waals surface area contributed by atoms with Gasteiger partial charge in [0.05, 0.1) is 5.69 Å². The first-order valence-corrected chi connectivity index (χ1v) is 12.0. The van der Waals surface area contributed by atoms with Gasteiger partial charge in [-0.25, -0.2) is 9.97 Å². The van der Waals surface area contributed by atoms with Crippen molar-refractivity contribution in [1.29, 1.82) is 0 Å². The first-order valence-electron chi connectivity index (χ1n) is 11.1. The molecule has 1 amide bonds. The van der Waals surface area contributed by atoms with E-state index in [2.05, 4.69) is 43.9 Å². The molecule has 3 aromatic rings. The molecule has 2 aliphatic rings. The minimum absolute atomic E-state index is 0.0381. The summed E-state index contributed by atoms with van der Waals surface area (Å²) in [7, 11) is 2.14. The first-order chi connectivity index (χ1) is 15.6.